The Kier molecular flexibility index (Phi) is 3.26. The van der Waals surface area contributed by atoms with Gasteiger partial charge in [0.15, 0.2) is 0 Å². The number of fused-ring (bicyclic) bond motifs is 1. The highest BCUT2D eigenvalue weighted by molar-refractivity contribution is 5.82. The van der Waals surface area contributed by atoms with Crippen molar-refractivity contribution in [1.82, 2.24) is 10.4 Å². The topological polar surface area (TPSA) is 50.9 Å². The second kappa shape index (κ2) is 5.04. The smallest absolute Gasteiger partial charge is 0.0705 e. The van der Waals surface area contributed by atoms with Gasteiger partial charge in [0.25, 0.3) is 0 Å². The Balaban J connectivity index is 1.95. The first-order valence-electron chi connectivity index (χ1n) is 6.68. The molecule has 0 spiro atoms. The highest BCUT2D eigenvalue weighted by Crippen LogP contribution is 2.35. The Morgan fingerprint density at radius 1 is 1.28 bits per heavy atom. The van der Waals surface area contributed by atoms with Gasteiger partial charge in [-0.2, -0.15) is 0 Å². The van der Waals surface area contributed by atoms with Crippen molar-refractivity contribution in [2.75, 3.05) is 0 Å². The number of pyridine rings is 1. The molecule has 3 rings (SSSR count). The largest absolute Gasteiger partial charge is 0.271 e. The lowest BCUT2D eigenvalue weighted by Crippen LogP contribution is -2.31. The molecule has 1 heterocycles. The van der Waals surface area contributed by atoms with E-state index in [1.54, 1.807) is 0 Å². The first-order valence-corrected chi connectivity index (χ1v) is 6.68. The Bertz CT molecular complexity index is 529. The minimum absolute atomic E-state index is 0.239. The average molecular weight is 241 g/mol. The molecule has 0 radical (unpaired) electrons. The second-order valence-electron chi connectivity index (χ2n) is 5.17. The van der Waals surface area contributed by atoms with Crippen molar-refractivity contribution in [2.24, 2.45) is 11.8 Å². The molecule has 1 saturated carbocycles. The Labute approximate surface area is 107 Å². The molecule has 1 aromatic heterocycles. The first kappa shape index (κ1) is 11.6. The number of rotatable bonds is 4. The van der Waals surface area contributed by atoms with Gasteiger partial charge in [0.05, 0.1) is 5.52 Å². The second-order valence-corrected chi connectivity index (χ2v) is 5.17. The van der Waals surface area contributed by atoms with Gasteiger partial charge in [-0.15, -0.1) is 0 Å². The van der Waals surface area contributed by atoms with Crippen LogP contribution in [0.25, 0.3) is 10.9 Å². The van der Waals surface area contributed by atoms with Gasteiger partial charge in [-0.3, -0.25) is 16.3 Å². The molecule has 1 atom stereocenters. The molecule has 2 aromatic rings. The van der Waals surface area contributed by atoms with Crippen LogP contribution in [0.5, 0.6) is 0 Å². The van der Waals surface area contributed by atoms with Gasteiger partial charge < -0.3 is 0 Å². The molecular formula is C15H19N3. The van der Waals surface area contributed by atoms with Gasteiger partial charge >= 0.3 is 0 Å². The minimum Gasteiger partial charge on any atom is -0.271 e. The summed E-state index contributed by atoms with van der Waals surface area (Å²) in [5.41, 5.74) is 5.30. The van der Waals surface area contributed by atoms with Crippen LogP contribution in [0.4, 0.5) is 0 Å². The standard InChI is InChI=1S/C15H19N3/c16-18-15(10-11-4-1-5-11)13-6-2-8-14-12(13)7-3-9-17-14/h2-3,6-9,11,15,18H,1,4-5,10,16H2. The van der Waals surface area contributed by atoms with Crippen LogP contribution in [-0.2, 0) is 0 Å². The fourth-order valence-corrected chi connectivity index (χ4v) is 2.78. The van der Waals surface area contributed by atoms with Crippen molar-refractivity contribution >= 4 is 10.9 Å². The average Bonchev–Trinajstić information content (AvgIpc) is 2.38. The highest BCUT2D eigenvalue weighted by Gasteiger charge is 2.23. The third-order valence-corrected chi connectivity index (χ3v) is 4.05. The molecule has 94 valence electrons. The maximum Gasteiger partial charge on any atom is 0.0705 e. The van der Waals surface area contributed by atoms with Crippen LogP contribution in [0.1, 0.15) is 37.3 Å². The number of nitrogens with one attached hydrogen (secondary N) is 1. The summed E-state index contributed by atoms with van der Waals surface area (Å²) in [6.45, 7) is 0. The highest BCUT2D eigenvalue weighted by atomic mass is 15.2. The van der Waals surface area contributed by atoms with Gasteiger partial charge in [0.1, 0.15) is 0 Å². The number of hydrogen-bond donors (Lipinski definition) is 2. The number of benzene rings is 1. The summed E-state index contributed by atoms with van der Waals surface area (Å²) in [7, 11) is 0. The van der Waals surface area contributed by atoms with Crippen molar-refractivity contribution in [3.63, 3.8) is 0 Å². The Morgan fingerprint density at radius 2 is 2.17 bits per heavy atom. The monoisotopic (exact) mass is 241 g/mol. The van der Waals surface area contributed by atoms with Crippen molar-refractivity contribution in [3.05, 3.63) is 42.1 Å². The van der Waals surface area contributed by atoms with Crippen molar-refractivity contribution in [1.29, 1.82) is 0 Å². The van der Waals surface area contributed by atoms with Crippen LogP contribution in [0.3, 0.4) is 0 Å². The predicted molar refractivity (Wildman–Crippen MR) is 73.8 cm³/mol. The molecule has 3 N–H and O–H groups in total. The SMILES string of the molecule is NNC(CC1CCC1)c1cccc2ncccc12. The van der Waals surface area contributed by atoms with E-state index < -0.39 is 0 Å². The maximum atomic E-state index is 5.75. The molecule has 3 heteroatoms. The van der Waals surface area contributed by atoms with E-state index in [1.165, 1.54) is 30.2 Å². The zero-order chi connectivity index (χ0) is 12.4. The van der Waals surface area contributed by atoms with E-state index in [9.17, 15) is 0 Å². The van der Waals surface area contributed by atoms with E-state index in [0.717, 1.165) is 17.9 Å². The molecule has 1 aliphatic rings. The van der Waals surface area contributed by atoms with Gasteiger partial charge in [-0.05, 0) is 30.0 Å². The third-order valence-electron chi connectivity index (χ3n) is 4.05. The molecule has 3 nitrogen and oxygen atoms in total. The summed E-state index contributed by atoms with van der Waals surface area (Å²) in [5, 5.41) is 1.21. The molecule has 0 aliphatic heterocycles. The van der Waals surface area contributed by atoms with E-state index in [2.05, 4.69) is 34.7 Å². The lowest BCUT2D eigenvalue weighted by Gasteiger charge is -2.30. The Morgan fingerprint density at radius 3 is 2.89 bits per heavy atom. The normalized spacial score (nSPS) is 17.6. The predicted octanol–water partition coefficient (Wildman–Crippen LogP) is 2.93. The molecule has 18 heavy (non-hydrogen) atoms. The van der Waals surface area contributed by atoms with Gasteiger partial charge in [-0.25, -0.2) is 0 Å². The summed E-state index contributed by atoms with van der Waals surface area (Å²) in [6, 6.07) is 10.6. The van der Waals surface area contributed by atoms with Gasteiger partial charge in [0, 0.05) is 17.6 Å². The fourth-order valence-electron chi connectivity index (χ4n) is 2.78. The molecule has 1 fully saturated rings. The third kappa shape index (κ3) is 2.11. The molecule has 1 unspecified atom stereocenters. The molecule has 1 aliphatic carbocycles. The zero-order valence-corrected chi connectivity index (χ0v) is 10.5. The molecule has 1 aromatic carbocycles. The number of nitrogens with two attached hydrogens (primary N) is 1. The van der Waals surface area contributed by atoms with Crippen LogP contribution >= 0.6 is 0 Å². The quantitative estimate of drug-likeness (QED) is 0.639. The lowest BCUT2D eigenvalue weighted by molar-refractivity contribution is 0.262. The molecule has 0 saturated heterocycles. The van der Waals surface area contributed by atoms with E-state index >= 15 is 0 Å². The van der Waals surface area contributed by atoms with Crippen molar-refractivity contribution in [2.45, 2.75) is 31.7 Å². The molecule has 0 amide bonds. The van der Waals surface area contributed by atoms with Crippen LogP contribution in [0, 0.1) is 5.92 Å². The summed E-state index contributed by atoms with van der Waals surface area (Å²) in [5.74, 6) is 6.58. The maximum absolute atomic E-state index is 5.75. The number of hydrazine groups is 1. The van der Waals surface area contributed by atoms with E-state index in [-0.39, 0.29) is 6.04 Å². The summed E-state index contributed by atoms with van der Waals surface area (Å²) >= 11 is 0. The van der Waals surface area contributed by atoms with Gasteiger partial charge in [0.2, 0.25) is 0 Å². The summed E-state index contributed by atoms with van der Waals surface area (Å²) < 4.78 is 0. The van der Waals surface area contributed by atoms with Crippen molar-refractivity contribution in [3.8, 4) is 0 Å². The Hall–Kier alpha value is -1.45. The number of hydrogen-bond acceptors (Lipinski definition) is 3. The van der Waals surface area contributed by atoms with Crippen LogP contribution in [0.2, 0.25) is 0 Å². The fraction of sp³-hybridized carbons (Fsp3) is 0.400. The number of aromatic nitrogens is 1. The summed E-state index contributed by atoms with van der Waals surface area (Å²) in [4.78, 5) is 4.40. The van der Waals surface area contributed by atoms with E-state index in [4.69, 9.17) is 5.84 Å². The van der Waals surface area contributed by atoms with Gasteiger partial charge in [-0.1, -0.05) is 37.5 Å². The number of nitrogens with zero attached hydrogens (tertiary/aromatic N) is 1. The van der Waals surface area contributed by atoms with Crippen LogP contribution in [0.15, 0.2) is 36.5 Å². The minimum atomic E-state index is 0.239. The van der Waals surface area contributed by atoms with E-state index in [1.807, 2.05) is 12.3 Å². The first-order chi connectivity index (χ1) is 8.88. The van der Waals surface area contributed by atoms with Crippen molar-refractivity contribution < 1.29 is 0 Å². The van der Waals surface area contributed by atoms with Crippen LogP contribution < -0.4 is 11.3 Å². The lowest BCUT2D eigenvalue weighted by atomic mass is 9.79. The summed E-state index contributed by atoms with van der Waals surface area (Å²) in [6.07, 6.45) is 7.04. The zero-order valence-electron chi connectivity index (χ0n) is 10.5. The molecular weight excluding hydrogens is 222 g/mol. The van der Waals surface area contributed by atoms with Crippen LogP contribution in [-0.4, -0.2) is 4.98 Å². The molecule has 0 bridgehead atoms. The van der Waals surface area contributed by atoms with E-state index in [0.29, 0.717) is 0 Å².